The summed E-state index contributed by atoms with van der Waals surface area (Å²) in [5.74, 6) is 0. The molecule has 16 heavy (non-hydrogen) atoms. The summed E-state index contributed by atoms with van der Waals surface area (Å²) >= 11 is 1.86. The average molecular weight is 241 g/mol. The SMILES string of the molecule is CCC(C)(CO)CNCc1cc(C)c(C)s1. The molecule has 0 fully saturated rings. The van der Waals surface area contributed by atoms with Gasteiger partial charge in [0.05, 0.1) is 0 Å². The van der Waals surface area contributed by atoms with Crippen molar-refractivity contribution < 1.29 is 5.11 Å². The van der Waals surface area contributed by atoms with Gasteiger partial charge in [-0.25, -0.2) is 0 Å². The summed E-state index contributed by atoms with van der Waals surface area (Å²) in [6.07, 6.45) is 0.999. The van der Waals surface area contributed by atoms with E-state index in [1.807, 2.05) is 11.3 Å². The van der Waals surface area contributed by atoms with E-state index < -0.39 is 0 Å². The van der Waals surface area contributed by atoms with Gasteiger partial charge in [-0.15, -0.1) is 11.3 Å². The lowest BCUT2D eigenvalue weighted by Gasteiger charge is -2.25. The zero-order chi connectivity index (χ0) is 12.2. The monoisotopic (exact) mass is 241 g/mol. The Morgan fingerprint density at radius 3 is 2.56 bits per heavy atom. The minimum atomic E-state index is 0.0152. The summed E-state index contributed by atoms with van der Waals surface area (Å²) in [4.78, 5) is 2.78. The summed E-state index contributed by atoms with van der Waals surface area (Å²) in [6, 6.07) is 2.25. The molecule has 0 aliphatic carbocycles. The van der Waals surface area contributed by atoms with Crippen LogP contribution in [0, 0.1) is 19.3 Å². The predicted molar refractivity (Wildman–Crippen MR) is 71.0 cm³/mol. The second-order valence-electron chi connectivity index (χ2n) is 4.88. The van der Waals surface area contributed by atoms with Crippen molar-refractivity contribution in [3.63, 3.8) is 0 Å². The zero-order valence-electron chi connectivity index (χ0n) is 10.8. The first-order valence-electron chi connectivity index (χ1n) is 5.88. The van der Waals surface area contributed by atoms with Crippen molar-refractivity contribution >= 4 is 11.3 Å². The van der Waals surface area contributed by atoms with Crippen LogP contribution in [0.2, 0.25) is 0 Å². The van der Waals surface area contributed by atoms with Gasteiger partial charge in [0.1, 0.15) is 0 Å². The van der Waals surface area contributed by atoms with Gasteiger partial charge in [-0.2, -0.15) is 0 Å². The molecule has 0 saturated carbocycles. The highest BCUT2D eigenvalue weighted by Crippen LogP contribution is 2.22. The molecular formula is C13H23NOS. The molecule has 3 heteroatoms. The molecule has 1 unspecified atom stereocenters. The third-order valence-corrected chi connectivity index (χ3v) is 4.46. The predicted octanol–water partition coefficient (Wildman–Crippen LogP) is 2.86. The van der Waals surface area contributed by atoms with E-state index in [9.17, 15) is 5.11 Å². The fourth-order valence-electron chi connectivity index (χ4n) is 1.52. The van der Waals surface area contributed by atoms with Crippen molar-refractivity contribution in [3.8, 4) is 0 Å². The summed E-state index contributed by atoms with van der Waals surface area (Å²) in [7, 11) is 0. The lowest BCUT2D eigenvalue weighted by atomic mass is 9.89. The Balaban J connectivity index is 2.41. The zero-order valence-corrected chi connectivity index (χ0v) is 11.6. The van der Waals surface area contributed by atoms with Crippen LogP contribution in [-0.4, -0.2) is 18.3 Å². The van der Waals surface area contributed by atoms with Gasteiger partial charge in [0.25, 0.3) is 0 Å². The molecule has 1 aromatic rings. The van der Waals surface area contributed by atoms with Crippen LogP contribution in [0.1, 0.15) is 35.6 Å². The van der Waals surface area contributed by atoms with Crippen LogP contribution in [0.5, 0.6) is 0 Å². The van der Waals surface area contributed by atoms with Gasteiger partial charge in [0.2, 0.25) is 0 Å². The first-order valence-corrected chi connectivity index (χ1v) is 6.70. The third kappa shape index (κ3) is 3.58. The van der Waals surface area contributed by atoms with Gasteiger partial charge in [0.15, 0.2) is 0 Å². The number of aryl methyl sites for hydroxylation is 2. The second kappa shape index (κ2) is 5.80. The van der Waals surface area contributed by atoms with Crippen molar-refractivity contribution in [2.75, 3.05) is 13.2 Å². The standard InChI is InChI=1S/C13H23NOS/c1-5-13(4,9-15)8-14-7-12-6-10(2)11(3)16-12/h6,14-15H,5,7-9H2,1-4H3. The van der Waals surface area contributed by atoms with Crippen molar-refractivity contribution in [1.29, 1.82) is 0 Å². The van der Waals surface area contributed by atoms with Gasteiger partial charge in [0, 0.05) is 34.9 Å². The van der Waals surface area contributed by atoms with Crippen LogP contribution in [0.3, 0.4) is 0 Å². The molecule has 2 nitrogen and oxygen atoms in total. The van der Waals surface area contributed by atoms with Crippen LogP contribution in [0.4, 0.5) is 0 Å². The smallest absolute Gasteiger partial charge is 0.0496 e. The Morgan fingerprint density at radius 1 is 1.44 bits per heavy atom. The Morgan fingerprint density at radius 2 is 2.12 bits per heavy atom. The highest BCUT2D eigenvalue weighted by atomic mass is 32.1. The molecule has 1 aromatic heterocycles. The van der Waals surface area contributed by atoms with Crippen molar-refractivity contribution in [2.24, 2.45) is 5.41 Å². The molecule has 2 N–H and O–H groups in total. The lowest BCUT2D eigenvalue weighted by Crippen LogP contribution is -2.33. The maximum Gasteiger partial charge on any atom is 0.0496 e. The molecule has 0 bridgehead atoms. The van der Waals surface area contributed by atoms with Gasteiger partial charge in [-0.1, -0.05) is 13.8 Å². The molecule has 0 aromatic carbocycles. The molecule has 0 amide bonds. The fourth-order valence-corrected chi connectivity index (χ4v) is 2.54. The number of rotatable bonds is 6. The number of hydrogen-bond acceptors (Lipinski definition) is 3. The summed E-state index contributed by atoms with van der Waals surface area (Å²) in [5.41, 5.74) is 1.39. The average Bonchev–Trinajstić information content (AvgIpc) is 2.58. The number of thiophene rings is 1. The van der Waals surface area contributed by atoms with E-state index in [1.165, 1.54) is 15.3 Å². The number of nitrogens with one attached hydrogen (secondary N) is 1. The summed E-state index contributed by atoms with van der Waals surface area (Å²) in [6.45, 7) is 10.6. The number of aliphatic hydroxyl groups is 1. The molecule has 92 valence electrons. The molecule has 0 aliphatic heterocycles. The maximum absolute atomic E-state index is 9.29. The van der Waals surface area contributed by atoms with Crippen LogP contribution < -0.4 is 5.32 Å². The van der Waals surface area contributed by atoms with E-state index in [0.717, 1.165) is 19.5 Å². The van der Waals surface area contributed by atoms with E-state index in [1.54, 1.807) is 0 Å². The largest absolute Gasteiger partial charge is 0.396 e. The Bertz CT molecular complexity index is 309. The number of aliphatic hydroxyl groups excluding tert-OH is 1. The molecule has 0 aliphatic rings. The molecule has 0 spiro atoms. The quantitative estimate of drug-likeness (QED) is 0.802. The maximum atomic E-state index is 9.29. The Labute approximate surface area is 103 Å². The van der Waals surface area contributed by atoms with E-state index in [4.69, 9.17) is 0 Å². The molecule has 0 radical (unpaired) electrons. The lowest BCUT2D eigenvalue weighted by molar-refractivity contribution is 0.135. The summed E-state index contributed by atoms with van der Waals surface area (Å²) in [5, 5.41) is 12.7. The topological polar surface area (TPSA) is 32.3 Å². The first kappa shape index (κ1) is 13.7. The molecular weight excluding hydrogens is 218 g/mol. The third-order valence-electron chi connectivity index (χ3n) is 3.30. The number of hydrogen-bond donors (Lipinski definition) is 2. The minimum absolute atomic E-state index is 0.0152. The van der Waals surface area contributed by atoms with Gasteiger partial charge in [-0.05, 0) is 31.9 Å². The van der Waals surface area contributed by atoms with E-state index in [-0.39, 0.29) is 12.0 Å². The van der Waals surface area contributed by atoms with Crippen LogP contribution >= 0.6 is 11.3 Å². The Kier molecular flexibility index (Phi) is 4.96. The van der Waals surface area contributed by atoms with Crippen molar-refractivity contribution in [2.45, 2.75) is 40.7 Å². The summed E-state index contributed by atoms with van der Waals surface area (Å²) < 4.78 is 0. The minimum Gasteiger partial charge on any atom is -0.396 e. The van der Waals surface area contributed by atoms with Crippen molar-refractivity contribution in [1.82, 2.24) is 5.32 Å². The van der Waals surface area contributed by atoms with E-state index in [2.05, 4.69) is 39.1 Å². The highest BCUT2D eigenvalue weighted by Gasteiger charge is 2.20. The van der Waals surface area contributed by atoms with E-state index in [0.29, 0.717) is 0 Å². The Hall–Kier alpha value is -0.380. The van der Waals surface area contributed by atoms with Crippen LogP contribution in [-0.2, 0) is 6.54 Å². The molecule has 1 rings (SSSR count). The van der Waals surface area contributed by atoms with Crippen LogP contribution in [0.25, 0.3) is 0 Å². The van der Waals surface area contributed by atoms with Gasteiger partial charge >= 0.3 is 0 Å². The van der Waals surface area contributed by atoms with Gasteiger partial charge in [-0.3, -0.25) is 0 Å². The van der Waals surface area contributed by atoms with Crippen LogP contribution in [0.15, 0.2) is 6.07 Å². The molecule has 1 atom stereocenters. The fraction of sp³-hybridized carbons (Fsp3) is 0.692. The highest BCUT2D eigenvalue weighted by molar-refractivity contribution is 7.12. The molecule has 1 heterocycles. The van der Waals surface area contributed by atoms with Crippen molar-refractivity contribution in [3.05, 3.63) is 21.4 Å². The van der Waals surface area contributed by atoms with Gasteiger partial charge < -0.3 is 10.4 Å². The first-order chi connectivity index (χ1) is 7.50. The molecule has 0 saturated heterocycles. The van der Waals surface area contributed by atoms with E-state index >= 15 is 0 Å². The normalized spacial score (nSPS) is 15.1. The second-order valence-corrected chi connectivity index (χ2v) is 6.22.